The third-order valence-electron chi connectivity index (χ3n) is 7.29. The van der Waals surface area contributed by atoms with E-state index in [0.717, 1.165) is 12.8 Å². The molecule has 5 nitrogen and oxygen atoms in total. The molecule has 1 amide bonds. The molecule has 196 valence electrons. The number of carbonyl (C=O) groups excluding carboxylic acids is 1. The highest BCUT2D eigenvalue weighted by atomic mass is 35.5. The lowest BCUT2D eigenvalue weighted by molar-refractivity contribution is -0.126. The Labute approximate surface area is 222 Å². The summed E-state index contributed by atoms with van der Waals surface area (Å²) in [6.07, 6.45) is 2.23. The van der Waals surface area contributed by atoms with Crippen LogP contribution in [0.2, 0.25) is 10.0 Å². The highest BCUT2D eigenvalue weighted by molar-refractivity contribution is 7.92. The van der Waals surface area contributed by atoms with Crippen LogP contribution >= 0.6 is 23.2 Å². The highest BCUT2D eigenvalue weighted by Crippen LogP contribution is 2.48. The van der Waals surface area contributed by atoms with Gasteiger partial charge in [-0.2, -0.15) is 0 Å². The fourth-order valence-electron chi connectivity index (χ4n) is 4.95. The second kappa shape index (κ2) is 9.90. The third-order valence-corrected chi connectivity index (χ3v) is 10.4. The third kappa shape index (κ3) is 4.92. The van der Waals surface area contributed by atoms with Gasteiger partial charge in [0.2, 0.25) is 5.91 Å². The summed E-state index contributed by atoms with van der Waals surface area (Å²) in [5, 5.41) is 0.439. The molecule has 1 heterocycles. The number of anilines is 1. The van der Waals surface area contributed by atoms with Crippen LogP contribution in [0.3, 0.4) is 0 Å². The van der Waals surface area contributed by atoms with Crippen LogP contribution in [0.15, 0.2) is 41.3 Å². The van der Waals surface area contributed by atoms with Crippen molar-refractivity contribution >= 4 is 44.6 Å². The van der Waals surface area contributed by atoms with Crippen molar-refractivity contribution in [3.05, 3.63) is 57.8 Å². The van der Waals surface area contributed by atoms with E-state index in [-0.39, 0.29) is 65.1 Å². The summed E-state index contributed by atoms with van der Waals surface area (Å²) in [7, 11) is -3.96. The fraction of sp³-hybridized carbons (Fsp3) is 0.519. The van der Waals surface area contributed by atoms with E-state index in [9.17, 15) is 13.2 Å². The molecule has 0 aromatic heterocycles. The number of halogens is 3. The van der Waals surface area contributed by atoms with Crippen molar-refractivity contribution in [3.8, 4) is 0 Å². The molecule has 4 rings (SSSR count). The van der Waals surface area contributed by atoms with Gasteiger partial charge in [-0.05, 0) is 80.5 Å². The smallest absolute Gasteiger partial charge is 0.232 e. The lowest BCUT2D eigenvalue weighted by atomic mass is 9.89. The Morgan fingerprint density at radius 1 is 1.11 bits per heavy atom. The maximum absolute atomic E-state index is 16.0. The normalized spacial score (nSPS) is 19.1. The Kier molecular flexibility index (Phi) is 7.52. The first-order valence-corrected chi connectivity index (χ1v) is 14.4. The van der Waals surface area contributed by atoms with Gasteiger partial charge in [0.15, 0.2) is 9.84 Å². The first-order chi connectivity index (χ1) is 16.8. The predicted octanol–water partition coefficient (Wildman–Crippen LogP) is 6.79. The van der Waals surface area contributed by atoms with Crippen molar-refractivity contribution in [3.63, 3.8) is 0 Å². The van der Waals surface area contributed by atoms with Gasteiger partial charge in [-0.25, -0.2) is 12.8 Å². The lowest BCUT2D eigenvalue weighted by Crippen LogP contribution is -2.47. The Hall–Kier alpha value is -1.67. The molecule has 2 aliphatic rings. The van der Waals surface area contributed by atoms with Gasteiger partial charge in [0.05, 0.1) is 15.6 Å². The van der Waals surface area contributed by atoms with E-state index in [0.29, 0.717) is 5.02 Å². The lowest BCUT2D eigenvalue weighted by Gasteiger charge is -2.39. The Balaban J connectivity index is 1.86. The zero-order valence-electron chi connectivity index (χ0n) is 21.0. The summed E-state index contributed by atoms with van der Waals surface area (Å²) < 4.78 is 48.0. The molecular formula is C27H32Cl2FNO4S. The standard InChI is InChI=1S/C27H32Cl2FNO4S/c1-17(18-5-6-18)31(25(32)26(2,3)4)24-22(29)15-19(16-23(24)30)27(11-13-35-14-12-27)36(33,34)21-9-7-20(28)8-10-21/h7-10,15-18H,5-6,11-14H2,1-4H3/t17-/m0/s1. The number of hydrogen-bond acceptors (Lipinski definition) is 4. The number of amides is 1. The van der Waals surface area contributed by atoms with Crippen LogP contribution in [-0.4, -0.2) is 33.6 Å². The zero-order chi connectivity index (χ0) is 26.5. The highest BCUT2D eigenvalue weighted by Gasteiger charge is 2.48. The molecule has 0 unspecified atom stereocenters. The molecule has 0 bridgehead atoms. The predicted molar refractivity (Wildman–Crippen MR) is 141 cm³/mol. The molecule has 36 heavy (non-hydrogen) atoms. The van der Waals surface area contributed by atoms with Gasteiger partial charge in [-0.3, -0.25) is 4.79 Å². The van der Waals surface area contributed by atoms with Crippen LogP contribution in [0.5, 0.6) is 0 Å². The molecule has 0 N–H and O–H groups in total. The van der Waals surface area contributed by atoms with Crippen molar-refractivity contribution in [2.45, 2.75) is 69.1 Å². The Morgan fingerprint density at radius 2 is 1.69 bits per heavy atom. The largest absolute Gasteiger partial charge is 0.381 e. The van der Waals surface area contributed by atoms with Crippen molar-refractivity contribution in [1.82, 2.24) is 0 Å². The van der Waals surface area contributed by atoms with Crippen LogP contribution in [0.25, 0.3) is 0 Å². The molecule has 2 fully saturated rings. The van der Waals surface area contributed by atoms with Gasteiger partial charge in [0.1, 0.15) is 10.6 Å². The van der Waals surface area contributed by atoms with Crippen molar-refractivity contribution in [1.29, 1.82) is 0 Å². The van der Waals surface area contributed by atoms with Crippen molar-refractivity contribution in [2.24, 2.45) is 11.3 Å². The second-order valence-corrected chi connectivity index (χ2v) is 14.0. The van der Waals surface area contributed by atoms with E-state index in [2.05, 4.69) is 0 Å². The molecule has 2 aromatic rings. The number of ether oxygens (including phenoxy) is 1. The maximum atomic E-state index is 16.0. The van der Waals surface area contributed by atoms with Crippen LogP contribution in [0, 0.1) is 17.2 Å². The van der Waals surface area contributed by atoms with E-state index >= 15 is 4.39 Å². The number of rotatable bonds is 6. The molecule has 1 saturated carbocycles. The van der Waals surface area contributed by atoms with Crippen molar-refractivity contribution < 1.29 is 22.3 Å². The number of sulfone groups is 1. The fourth-order valence-corrected chi connectivity index (χ4v) is 7.46. The minimum Gasteiger partial charge on any atom is -0.381 e. The van der Waals surface area contributed by atoms with Crippen LogP contribution in [0.1, 0.15) is 58.9 Å². The number of hydrogen-bond donors (Lipinski definition) is 0. The summed E-state index contributed by atoms with van der Waals surface area (Å²) in [5.41, 5.74) is -0.489. The van der Waals surface area contributed by atoms with Crippen LogP contribution in [0.4, 0.5) is 10.1 Å². The van der Waals surface area contributed by atoms with Gasteiger partial charge >= 0.3 is 0 Å². The topological polar surface area (TPSA) is 63.7 Å². The van der Waals surface area contributed by atoms with Crippen LogP contribution in [-0.2, 0) is 24.1 Å². The van der Waals surface area contributed by atoms with E-state index in [4.69, 9.17) is 27.9 Å². The molecule has 1 atom stereocenters. The number of benzene rings is 2. The maximum Gasteiger partial charge on any atom is 0.232 e. The molecular weight excluding hydrogens is 524 g/mol. The quantitative estimate of drug-likeness (QED) is 0.393. The monoisotopic (exact) mass is 555 g/mol. The summed E-state index contributed by atoms with van der Waals surface area (Å²) in [6.45, 7) is 7.70. The minimum atomic E-state index is -3.96. The summed E-state index contributed by atoms with van der Waals surface area (Å²) in [5.74, 6) is -0.664. The van der Waals surface area contributed by atoms with Gasteiger partial charge < -0.3 is 9.64 Å². The first-order valence-electron chi connectivity index (χ1n) is 12.2. The molecule has 1 saturated heterocycles. The Morgan fingerprint density at radius 3 is 2.19 bits per heavy atom. The molecule has 0 radical (unpaired) electrons. The van der Waals surface area contributed by atoms with E-state index in [1.807, 2.05) is 6.92 Å². The molecule has 9 heteroatoms. The molecule has 1 aliphatic carbocycles. The number of carbonyl (C=O) groups is 1. The summed E-state index contributed by atoms with van der Waals surface area (Å²) in [4.78, 5) is 15.0. The second-order valence-electron chi connectivity index (χ2n) is 10.9. The summed E-state index contributed by atoms with van der Waals surface area (Å²) >= 11 is 12.7. The zero-order valence-corrected chi connectivity index (χ0v) is 23.3. The summed E-state index contributed by atoms with van der Waals surface area (Å²) in [6, 6.07) is 8.49. The van der Waals surface area contributed by atoms with Gasteiger partial charge in [-0.15, -0.1) is 0 Å². The molecule has 0 spiro atoms. The van der Waals surface area contributed by atoms with Gasteiger partial charge in [-0.1, -0.05) is 44.0 Å². The SMILES string of the molecule is C[C@@H](C1CC1)N(C(=O)C(C)(C)C)c1c(F)cc(C2(S(=O)(=O)c3ccc(Cl)cc3)CCOCC2)cc1Cl. The first kappa shape index (κ1) is 27.4. The van der Waals surface area contributed by atoms with Crippen molar-refractivity contribution in [2.75, 3.05) is 18.1 Å². The molecule has 2 aromatic carbocycles. The van der Waals surface area contributed by atoms with E-state index in [1.165, 1.54) is 41.3 Å². The average Bonchev–Trinajstić information content (AvgIpc) is 3.66. The molecule has 1 aliphatic heterocycles. The van der Waals surface area contributed by atoms with E-state index in [1.54, 1.807) is 20.8 Å². The van der Waals surface area contributed by atoms with Gasteiger partial charge in [0.25, 0.3) is 0 Å². The minimum absolute atomic E-state index is 0.00541. The van der Waals surface area contributed by atoms with Crippen LogP contribution < -0.4 is 4.90 Å². The van der Waals surface area contributed by atoms with Gasteiger partial charge in [0, 0.05) is 29.7 Å². The number of nitrogens with zero attached hydrogens (tertiary/aromatic N) is 1. The van der Waals surface area contributed by atoms with E-state index < -0.39 is 25.8 Å². The average molecular weight is 557 g/mol. The Bertz CT molecular complexity index is 1220.